The van der Waals surface area contributed by atoms with Crippen molar-refractivity contribution in [3.8, 4) is 11.8 Å². The lowest BCUT2D eigenvalue weighted by Gasteiger charge is -2.06. The van der Waals surface area contributed by atoms with Gasteiger partial charge in [-0.2, -0.15) is 0 Å². The largest absolute Gasteiger partial charge is 0.395 e. The van der Waals surface area contributed by atoms with Crippen LogP contribution in [-0.2, 0) is 0 Å². The van der Waals surface area contributed by atoms with Gasteiger partial charge in [0, 0.05) is 5.56 Å². The van der Waals surface area contributed by atoms with Gasteiger partial charge >= 0.3 is 0 Å². The fourth-order valence-corrected chi connectivity index (χ4v) is 1.61. The summed E-state index contributed by atoms with van der Waals surface area (Å²) < 4.78 is 0. The maximum Gasteiger partial charge on any atom is 0.0687 e. The molecule has 0 saturated carbocycles. The van der Waals surface area contributed by atoms with Crippen molar-refractivity contribution >= 4 is 0 Å². The number of hydrogen-bond donors (Lipinski definition) is 1. The third-order valence-corrected chi connectivity index (χ3v) is 2.55. The summed E-state index contributed by atoms with van der Waals surface area (Å²) in [7, 11) is 0. The van der Waals surface area contributed by atoms with Gasteiger partial charge < -0.3 is 5.11 Å². The molecule has 0 saturated heterocycles. The standard InChI is InChI=1S/C16H14O/c17-13-16(15-9-5-2-6-10-15)12-11-14-7-3-1-4-8-14/h1-10,16-17H,13H2. The van der Waals surface area contributed by atoms with E-state index in [1.807, 2.05) is 60.7 Å². The lowest BCUT2D eigenvalue weighted by molar-refractivity contribution is 0.286. The Balaban J connectivity index is 2.20. The number of rotatable bonds is 2. The van der Waals surface area contributed by atoms with E-state index in [-0.39, 0.29) is 12.5 Å². The summed E-state index contributed by atoms with van der Waals surface area (Å²) in [5, 5.41) is 9.35. The SMILES string of the molecule is OCC(C#Cc1ccccc1)c1ccccc1. The number of hydrogen-bond acceptors (Lipinski definition) is 1. The fraction of sp³-hybridized carbons (Fsp3) is 0.125. The van der Waals surface area contributed by atoms with Crippen LogP contribution < -0.4 is 0 Å². The summed E-state index contributed by atoms with van der Waals surface area (Å²) in [5.74, 6) is 6.07. The zero-order valence-electron chi connectivity index (χ0n) is 9.51. The van der Waals surface area contributed by atoms with Crippen molar-refractivity contribution in [2.45, 2.75) is 5.92 Å². The summed E-state index contributed by atoms with van der Waals surface area (Å²) in [6, 6.07) is 19.7. The molecule has 17 heavy (non-hydrogen) atoms. The first kappa shape index (κ1) is 11.4. The Morgan fingerprint density at radius 3 is 2.06 bits per heavy atom. The maximum absolute atomic E-state index is 9.35. The van der Waals surface area contributed by atoms with Crippen molar-refractivity contribution < 1.29 is 5.11 Å². The van der Waals surface area contributed by atoms with Crippen molar-refractivity contribution in [1.82, 2.24) is 0 Å². The van der Waals surface area contributed by atoms with Crippen LogP contribution in [-0.4, -0.2) is 11.7 Å². The molecule has 0 aliphatic heterocycles. The average Bonchev–Trinajstić information content (AvgIpc) is 2.42. The number of benzene rings is 2. The van der Waals surface area contributed by atoms with E-state index in [1.165, 1.54) is 0 Å². The van der Waals surface area contributed by atoms with E-state index in [1.54, 1.807) is 0 Å². The van der Waals surface area contributed by atoms with Crippen LogP contribution in [0.4, 0.5) is 0 Å². The Kier molecular flexibility index (Phi) is 3.96. The molecule has 2 rings (SSSR count). The van der Waals surface area contributed by atoms with Crippen LogP contribution in [0.3, 0.4) is 0 Å². The Morgan fingerprint density at radius 1 is 0.882 bits per heavy atom. The Labute approximate surface area is 102 Å². The van der Waals surface area contributed by atoms with Crippen LogP contribution in [0.25, 0.3) is 0 Å². The zero-order chi connectivity index (χ0) is 11.9. The minimum atomic E-state index is -0.114. The van der Waals surface area contributed by atoms with Crippen molar-refractivity contribution in [1.29, 1.82) is 0 Å². The van der Waals surface area contributed by atoms with E-state index < -0.39 is 0 Å². The molecule has 0 bridgehead atoms. The summed E-state index contributed by atoms with van der Waals surface area (Å²) in [5.41, 5.74) is 2.03. The van der Waals surface area contributed by atoms with Crippen LogP contribution in [0.15, 0.2) is 60.7 Å². The van der Waals surface area contributed by atoms with Crippen molar-refractivity contribution in [2.24, 2.45) is 0 Å². The smallest absolute Gasteiger partial charge is 0.0687 e. The molecule has 0 radical (unpaired) electrons. The van der Waals surface area contributed by atoms with E-state index in [0.717, 1.165) is 11.1 Å². The van der Waals surface area contributed by atoms with Gasteiger partial charge in [-0.15, -0.1) is 0 Å². The molecule has 0 spiro atoms. The number of aliphatic hydroxyl groups is 1. The highest BCUT2D eigenvalue weighted by molar-refractivity contribution is 5.37. The van der Waals surface area contributed by atoms with Crippen molar-refractivity contribution in [3.05, 3.63) is 71.8 Å². The Hall–Kier alpha value is -2.04. The molecular formula is C16H14O. The highest BCUT2D eigenvalue weighted by Crippen LogP contribution is 2.13. The molecule has 1 atom stereocenters. The number of aliphatic hydroxyl groups excluding tert-OH is 1. The lowest BCUT2D eigenvalue weighted by Crippen LogP contribution is -2.00. The first-order valence-corrected chi connectivity index (χ1v) is 5.62. The summed E-state index contributed by atoms with van der Waals surface area (Å²) in [6.07, 6.45) is 0. The summed E-state index contributed by atoms with van der Waals surface area (Å²) >= 11 is 0. The van der Waals surface area contributed by atoms with Crippen LogP contribution in [0.1, 0.15) is 17.0 Å². The van der Waals surface area contributed by atoms with Crippen LogP contribution in [0, 0.1) is 11.8 Å². The summed E-state index contributed by atoms with van der Waals surface area (Å²) in [6.45, 7) is 0.0455. The molecule has 1 unspecified atom stereocenters. The van der Waals surface area contributed by atoms with Gasteiger partial charge in [0.2, 0.25) is 0 Å². The monoisotopic (exact) mass is 222 g/mol. The van der Waals surface area contributed by atoms with E-state index in [0.29, 0.717) is 0 Å². The zero-order valence-corrected chi connectivity index (χ0v) is 9.51. The molecule has 1 heteroatoms. The lowest BCUT2D eigenvalue weighted by atomic mass is 10.0. The van der Waals surface area contributed by atoms with Gasteiger partial charge in [-0.05, 0) is 17.7 Å². The molecule has 2 aromatic carbocycles. The van der Waals surface area contributed by atoms with Gasteiger partial charge in [0.05, 0.1) is 12.5 Å². The highest BCUT2D eigenvalue weighted by atomic mass is 16.3. The molecule has 2 aromatic rings. The molecule has 0 heterocycles. The van der Waals surface area contributed by atoms with Crippen LogP contribution >= 0.6 is 0 Å². The molecule has 0 fully saturated rings. The van der Waals surface area contributed by atoms with Gasteiger partial charge in [0.15, 0.2) is 0 Å². The van der Waals surface area contributed by atoms with Gasteiger partial charge in [0.1, 0.15) is 0 Å². The average molecular weight is 222 g/mol. The Bertz CT molecular complexity index is 505. The van der Waals surface area contributed by atoms with E-state index in [9.17, 15) is 5.11 Å². The van der Waals surface area contributed by atoms with Gasteiger partial charge in [-0.3, -0.25) is 0 Å². The van der Waals surface area contributed by atoms with Crippen LogP contribution in [0.2, 0.25) is 0 Å². The van der Waals surface area contributed by atoms with Gasteiger partial charge in [0.25, 0.3) is 0 Å². The molecule has 0 aliphatic carbocycles. The second-order valence-corrected chi connectivity index (χ2v) is 3.78. The topological polar surface area (TPSA) is 20.2 Å². The quantitative estimate of drug-likeness (QED) is 0.775. The van der Waals surface area contributed by atoms with Crippen molar-refractivity contribution in [2.75, 3.05) is 6.61 Å². The third-order valence-electron chi connectivity index (χ3n) is 2.55. The molecule has 1 nitrogen and oxygen atoms in total. The molecule has 1 N–H and O–H groups in total. The summed E-state index contributed by atoms with van der Waals surface area (Å²) in [4.78, 5) is 0. The molecule has 0 aliphatic rings. The van der Waals surface area contributed by atoms with E-state index >= 15 is 0 Å². The van der Waals surface area contributed by atoms with Crippen LogP contribution in [0.5, 0.6) is 0 Å². The Morgan fingerprint density at radius 2 is 1.47 bits per heavy atom. The van der Waals surface area contributed by atoms with E-state index in [4.69, 9.17) is 0 Å². The van der Waals surface area contributed by atoms with Gasteiger partial charge in [-0.25, -0.2) is 0 Å². The minimum Gasteiger partial charge on any atom is -0.395 e. The molecule has 0 amide bonds. The predicted octanol–water partition coefficient (Wildman–Crippen LogP) is 2.81. The normalized spacial score (nSPS) is 11.4. The molecule has 0 aromatic heterocycles. The maximum atomic E-state index is 9.35. The fourth-order valence-electron chi connectivity index (χ4n) is 1.61. The first-order valence-electron chi connectivity index (χ1n) is 5.62. The third kappa shape index (κ3) is 3.21. The van der Waals surface area contributed by atoms with E-state index in [2.05, 4.69) is 11.8 Å². The van der Waals surface area contributed by atoms with Crippen molar-refractivity contribution in [3.63, 3.8) is 0 Å². The predicted molar refractivity (Wildman–Crippen MR) is 69.6 cm³/mol. The molecule has 84 valence electrons. The highest BCUT2D eigenvalue weighted by Gasteiger charge is 2.05. The minimum absolute atomic E-state index is 0.0455. The van der Waals surface area contributed by atoms with Gasteiger partial charge in [-0.1, -0.05) is 60.4 Å². The second-order valence-electron chi connectivity index (χ2n) is 3.78. The molecular weight excluding hydrogens is 208 g/mol. The first-order chi connectivity index (χ1) is 8.40. The second kappa shape index (κ2) is 5.89.